The molecule has 6 rings (SSSR count). The number of phenolic OH excluding ortho intramolecular Hbond substituents is 1. The van der Waals surface area contributed by atoms with Gasteiger partial charge in [-0.1, -0.05) is 13.0 Å². The van der Waals surface area contributed by atoms with E-state index in [1.807, 2.05) is 13.0 Å². The fourth-order valence-corrected chi connectivity index (χ4v) is 7.65. The highest BCUT2D eigenvalue weighted by molar-refractivity contribution is 6.06. The van der Waals surface area contributed by atoms with Crippen molar-refractivity contribution >= 4 is 29.4 Å². The first-order chi connectivity index (χ1) is 18.1. The third-order valence-corrected chi connectivity index (χ3v) is 9.07. The van der Waals surface area contributed by atoms with E-state index in [0.717, 1.165) is 31.4 Å². The summed E-state index contributed by atoms with van der Waals surface area (Å²) >= 11 is 0. The number of amides is 2. The number of phenols is 2. The zero-order valence-electron chi connectivity index (χ0n) is 22.9. The number of hydrogen-bond donors (Lipinski definition) is 4. The minimum absolute atomic E-state index is 0.00652. The quantitative estimate of drug-likeness (QED) is 0.379. The molecule has 1 aromatic rings. The molecular weight excluding hydrogens is 504 g/mol. The summed E-state index contributed by atoms with van der Waals surface area (Å²) in [4.78, 5) is 41.6. The molecule has 10 heteroatoms. The number of carbonyl (C=O) groups excluding carboxylic acids is 2. The fraction of sp³-hybridized carbons (Fsp3) is 0.586. The van der Waals surface area contributed by atoms with E-state index in [9.17, 15) is 29.7 Å². The van der Waals surface area contributed by atoms with Crippen LogP contribution in [0.5, 0.6) is 11.5 Å². The van der Waals surface area contributed by atoms with Gasteiger partial charge >= 0.3 is 12.1 Å². The standard InChI is InChI=1S/C29H36N2O8/c1-26(2,3)39-25(37)30-19-8-11-29-13-15-12-18(38-28(15,5)14-29)23(29)27(19,4)10-9-20(33)31-21-17(32)7-6-16(22(21)34)24(35)36/h6-8,11,15,18,23,32,34H,9-10,12-14H2,1-5H3,(H,31,33)(H,35,36)/b30-19+/t15-,18+,23+,27-,28+,29+/m1/s1. The van der Waals surface area contributed by atoms with Crippen LogP contribution in [0.1, 0.15) is 77.1 Å². The second-order valence-corrected chi connectivity index (χ2v) is 12.9. The number of anilines is 1. The second kappa shape index (κ2) is 8.81. The number of aromatic carboxylic acids is 1. The average molecular weight is 541 g/mol. The fourth-order valence-electron chi connectivity index (χ4n) is 7.65. The Labute approximate surface area is 227 Å². The zero-order chi connectivity index (χ0) is 28.5. The van der Waals surface area contributed by atoms with Gasteiger partial charge in [0.15, 0.2) is 5.75 Å². The SMILES string of the molecule is CC(C)(C)OC(=O)/N=C1\C=C[C@]23C[C@H]4C[C@H](O[C@@]4(C)C2)[C@H]3[C@]1(C)CCC(=O)Nc1c(O)ccc(C(=O)O)c1O. The zero-order valence-corrected chi connectivity index (χ0v) is 22.9. The van der Waals surface area contributed by atoms with Crippen LogP contribution >= 0.6 is 0 Å². The van der Waals surface area contributed by atoms with E-state index in [2.05, 4.69) is 23.3 Å². The van der Waals surface area contributed by atoms with Gasteiger partial charge in [-0.05, 0) is 82.9 Å². The highest BCUT2D eigenvalue weighted by Gasteiger charge is 2.71. The molecule has 1 spiro atoms. The van der Waals surface area contributed by atoms with Gasteiger partial charge in [0.1, 0.15) is 22.6 Å². The van der Waals surface area contributed by atoms with Crippen molar-refractivity contribution < 1.29 is 39.2 Å². The normalized spacial score (nSPS) is 35.2. The molecule has 0 unspecified atom stereocenters. The van der Waals surface area contributed by atoms with Crippen LogP contribution in [0.25, 0.3) is 0 Å². The van der Waals surface area contributed by atoms with Crippen molar-refractivity contribution in [2.24, 2.45) is 27.7 Å². The molecule has 0 radical (unpaired) electrons. The molecule has 2 aliphatic heterocycles. The summed E-state index contributed by atoms with van der Waals surface area (Å²) in [5.41, 5.74) is -1.99. The van der Waals surface area contributed by atoms with Crippen LogP contribution in [-0.4, -0.2) is 56.3 Å². The van der Waals surface area contributed by atoms with E-state index in [1.54, 1.807) is 20.8 Å². The van der Waals surface area contributed by atoms with E-state index in [-0.39, 0.29) is 35.1 Å². The lowest BCUT2D eigenvalue weighted by atomic mass is 9.51. The lowest BCUT2D eigenvalue weighted by Gasteiger charge is -2.56. The van der Waals surface area contributed by atoms with E-state index < -0.39 is 46.0 Å². The Morgan fingerprint density at radius 3 is 2.56 bits per heavy atom. The number of allylic oxidation sites excluding steroid dienone is 2. The van der Waals surface area contributed by atoms with Gasteiger partial charge in [-0.2, -0.15) is 4.99 Å². The lowest BCUT2D eigenvalue weighted by Crippen LogP contribution is -2.56. The molecule has 2 saturated heterocycles. The van der Waals surface area contributed by atoms with E-state index in [0.29, 0.717) is 18.1 Å². The lowest BCUT2D eigenvalue weighted by molar-refractivity contribution is -0.145. The number of carbonyl (C=O) groups is 3. The molecule has 2 amide bonds. The average Bonchev–Trinajstić information content (AvgIpc) is 3.17. The van der Waals surface area contributed by atoms with E-state index >= 15 is 0 Å². The summed E-state index contributed by atoms with van der Waals surface area (Å²) in [7, 11) is 0. The topological polar surface area (TPSA) is 155 Å². The Hall–Kier alpha value is -3.40. The maximum Gasteiger partial charge on any atom is 0.434 e. The molecule has 210 valence electrons. The Kier molecular flexibility index (Phi) is 6.14. The van der Waals surface area contributed by atoms with Gasteiger partial charge in [-0.15, -0.1) is 0 Å². The predicted molar refractivity (Wildman–Crippen MR) is 142 cm³/mol. The molecule has 4 fully saturated rings. The van der Waals surface area contributed by atoms with Crippen molar-refractivity contribution in [2.75, 3.05) is 5.32 Å². The summed E-state index contributed by atoms with van der Waals surface area (Å²) < 4.78 is 12.0. The van der Waals surface area contributed by atoms with Gasteiger partial charge in [0.25, 0.3) is 0 Å². The number of carboxylic acids is 1. The molecular formula is C29H36N2O8. The van der Waals surface area contributed by atoms with Gasteiger partial charge in [0.05, 0.1) is 17.4 Å². The minimum Gasteiger partial charge on any atom is -0.506 e. The highest BCUT2D eigenvalue weighted by Crippen LogP contribution is 2.71. The highest BCUT2D eigenvalue weighted by atomic mass is 16.6. The van der Waals surface area contributed by atoms with Crippen LogP contribution in [-0.2, 0) is 14.3 Å². The van der Waals surface area contributed by atoms with Crippen LogP contribution in [0.15, 0.2) is 29.3 Å². The monoisotopic (exact) mass is 540 g/mol. The van der Waals surface area contributed by atoms with E-state index in [4.69, 9.17) is 9.47 Å². The van der Waals surface area contributed by atoms with Gasteiger partial charge < -0.3 is 30.1 Å². The van der Waals surface area contributed by atoms with Crippen LogP contribution in [0, 0.1) is 22.7 Å². The number of rotatable bonds is 5. The molecule has 4 bridgehead atoms. The Bertz CT molecular complexity index is 1310. The Morgan fingerprint density at radius 2 is 1.92 bits per heavy atom. The van der Waals surface area contributed by atoms with Crippen molar-refractivity contribution in [3.8, 4) is 11.5 Å². The Morgan fingerprint density at radius 1 is 1.21 bits per heavy atom. The first kappa shape index (κ1) is 27.2. The molecule has 5 aliphatic rings. The maximum absolute atomic E-state index is 13.1. The number of nitrogens with one attached hydrogen (secondary N) is 1. The van der Waals surface area contributed by atoms with Crippen LogP contribution in [0.4, 0.5) is 10.5 Å². The predicted octanol–water partition coefficient (Wildman–Crippen LogP) is 5.04. The molecule has 2 saturated carbocycles. The van der Waals surface area contributed by atoms with Crippen molar-refractivity contribution in [3.05, 3.63) is 29.8 Å². The molecule has 1 aromatic carbocycles. The third-order valence-electron chi connectivity index (χ3n) is 9.07. The van der Waals surface area contributed by atoms with Crippen molar-refractivity contribution in [1.82, 2.24) is 0 Å². The van der Waals surface area contributed by atoms with Gasteiger partial charge in [-0.3, -0.25) is 4.79 Å². The number of ether oxygens (including phenoxy) is 2. The molecule has 0 aromatic heterocycles. The first-order valence-corrected chi connectivity index (χ1v) is 13.3. The number of nitrogens with zero attached hydrogens (tertiary/aromatic N) is 1. The molecule has 6 atom stereocenters. The van der Waals surface area contributed by atoms with Crippen LogP contribution < -0.4 is 5.32 Å². The van der Waals surface area contributed by atoms with Crippen molar-refractivity contribution in [3.63, 3.8) is 0 Å². The minimum atomic E-state index is -1.39. The number of aromatic hydroxyl groups is 2. The maximum atomic E-state index is 13.1. The summed E-state index contributed by atoms with van der Waals surface area (Å²) in [6.07, 6.45) is 6.39. The number of hydrogen-bond acceptors (Lipinski definition) is 7. The molecule has 10 nitrogen and oxygen atoms in total. The van der Waals surface area contributed by atoms with Crippen molar-refractivity contribution in [2.45, 2.75) is 84.0 Å². The Balaban J connectivity index is 1.44. The number of benzene rings is 1. The smallest absolute Gasteiger partial charge is 0.434 e. The molecule has 39 heavy (non-hydrogen) atoms. The van der Waals surface area contributed by atoms with E-state index in [1.165, 1.54) is 0 Å². The molecule has 3 aliphatic carbocycles. The van der Waals surface area contributed by atoms with Gasteiger partial charge in [-0.25, -0.2) is 9.59 Å². The van der Waals surface area contributed by atoms with Crippen LogP contribution in [0.2, 0.25) is 0 Å². The largest absolute Gasteiger partial charge is 0.506 e. The molecule has 4 N–H and O–H groups in total. The summed E-state index contributed by atoms with van der Waals surface area (Å²) in [6, 6.07) is 2.16. The van der Waals surface area contributed by atoms with Gasteiger partial charge in [0.2, 0.25) is 5.91 Å². The third kappa shape index (κ3) is 4.48. The van der Waals surface area contributed by atoms with Crippen molar-refractivity contribution in [1.29, 1.82) is 0 Å². The second-order valence-electron chi connectivity index (χ2n) is 12.9. The number of carboxylic acid groups (broad SMARTS) is 1. The first-order valence-electron chi connectivity index (χ1n) is 13.3. The summed E-state index contributed by atoms with van der Waals surface area (Å²) in [5.74, 6) is -2.63. The van der Waals surface area contributed by atoms with Crippen LogP contribution in [0.3, 0.4) is 0 Å². The number of aliphatic imine (C=N–C) groups is 1. The molecule has 2 heterocycles. The summed E-state index contributed by atoms with van der Waals surface area (Å²) in [5, 5.41) is 32.2. The van der Waals surface area contributed by atoms with Gasteiger partial charge in [0, 0.05) is 17.8 Å². The summed E-state index contributed by atoms with van der Waals surface area (Å²) in [6.45, 7) is 9.50.